The molecule has 0 bridgehead atoms. The van der Waals surface area contributed by atoms with Gasteiger partial charge in [-0.3, -0.25) is 0 Å². The van der Waals surface area contributed by atoms with Crippen LogP contribution in [-0.2, 0) is 0 Å². The van der Waals surface area contributed by atoms with Crippen LogP contribution in [0.4, 0.5) is 0 Å². The zero-order valence-corrected chi connectivity index (χ0v) is 9.71. The highest BCUT2D eigenvalue weighted by Gasteiger charge is 1.97. The molecule has 0 heterocycles. The summed E-state index contributed by atoms with van der Waals surface area (Å²) in [6.45, 7) is 4.01. The second-order valence-electron chi connectivity index (χ2n) is 3.36. The largest absolute Gasteiger partial charge is 0.326 e. The number of rotatable bonds is 4. The van der Waals surface area contributed by atoms with Crippen molar-refractivity contribution in [3.63, 3.8) is 0 Å². The van der Waals surface area contributed by atoms with E-state index in [1.807, 2.05) is 48.5 Å². The van der Waals surface area contributed by atoms with Crippen LogP contribution < -0.4 is 4.72 Å². The number of hydrogen-bond donors (Lipinski definition) is 1. The molecule has 2 aromatic rings. The van der Waals surface area contributed by atoms with Gasteiger partial charge in [-0.15, -0.1) is 0 Å². The standard InChI is InChI=1S/C14H13NS/c1-12(13-8-4-2-5-9-13)15-16-14-10-6-3-7-11-14/h2-11,15H,1H2. The molecule has 80 valence electrons. The summed E-state index contributed by atoms with van der Waals surface area (Å²) in [7, 11) is 0. The van der Waals surface area contributed by atoms with Crippen LogP contribution >= 0.6 is 11.9 Å². The summed E-state index contributed by atoms with van der Waals surface area (Å²) in [5.74, 6) is 0. The molecule has 0 saturated heterocycles. The van der Waals surface area contributed by atoms with Gasteiger partial charge in [-0.1, -0.05) is 55.1 Å². The molecular formula is C14H13NS. The molecular weight excluding hydrogens is 214 g/mol. The average molecular weight is 227 g/mol. The minimum atomic E-state index is 0.925. The van der Waals surface area contributed by atoms with Crippen molar-refractivity contribution in [2.45, 2.75) is 4.90 Å². The van der Waals surface area contributed by atoms with Crippen LogP contribution in [0.3, 0.4) is 0 Å². The molecule has 16 heavy (non-hydrogen) atoms. The lowest BCUT2D eigenvalue weighted by molar-refractivity contribution is 1.37. The average Bonchev–Trinajstić information content (AvgIpc) is 2.38. The van der Waals surface area contributed by atoms with Crippen molar-refractivity contribution in [2.75, 3.05) is 0 Å². The Hall–Kier alpha value is -1.67. The molecule has 0 aromatic heterocycles. The summed E-state index contributed by atoms with van der Waals surface area (Å²) in [6, 6.07) is 20.3. The van der Waals surface area contributed by atoms with Gasteiger partial charge in [0, 0.05) is 10.6 Å². The number of nitrogens with one attached hydrogen (secondary N) is 1. The minimum absolute atomic E-state index is 0.925. The molecule has 2 aromatic carbocycles. The molecule has 0 amide bonds. The highest BCUT2D eigenvalue weighted by Crippen LogP contribution is 2.18. The van der Waals surface area contributed by atoms with E-state index in [0.29, 0.717) is 0 Å². The van der Waals surface area contributed by atoms with E-state index in [-0.39, 0.29) is 0 Å². The van der Waals surface area contributed by atoms with E-state index >= 15 is 0 Å². The fraction of sp³-hybridized carbons (Fsp3) is 0. The summed E-state index contributed by atoms with van der Waals surface area (Å²) in [6.07, 6.45) is 0. The molecule has 0 saturated carbocycles. The van der Waals surface area contributed by atoms with Gasteiger partial charge >= 0.3 is 0 Å². The topological polar surface area (TPSA) is 12.0 Å². The molecule has 0 aliphatic heterocycles. The normalized spacial score (nSPS) is 9.75. The van der Waals surface area contributed by atoms with E-state index in [9.17, 15) is 0 Å². The van der Waals surface area contributed by atoms with E-state index < -0.39 is 0 Å². The van der Waals surface area contributed by atoms with Gasteiger partial charge in [-0.05, 0) is 29.6 Å². The first-order valence-electron chi connectivity index (χ1n) is 5.08. The lowest BCUT2D eigenvalue weighted by atomic mass is 10.2. The predicted octanol–water partition coefficient (Wildman–Crippen LogP) is 3.95. The minimum Gasteiger partial charge on any atom is -0.326 e. The molecule has 0 aliphatic rings. The smallest absolute Gasteiger partial charge is 0.0443 e. The number of hydrogen-bond acceptors (Lipinski definition) is 2. The van der Waals surface area contributed by atoms with Crippen LogP contribution in [0.1, 0.15) is 5.56 Å². The first-order chi connectivity index (χ1) is 7.86. The third-order valence-electron chi connectivity index (χ3n) is 2.16. The molecule has 2 rings (SSSR count). The summed E-state index contributed by atoms with van der Waals surface area (Å²) in [5.41, 5.74) is 2.04. The Kier molecular flexibility index (Phi) is 3.67. The molecule has 0 radical (unpaired) electrons. The van der Waals surface area contributed by atoms with Crippen molar-refractivity contribution in [1.82, 2.24) is 4.72 Å². The highest BCUT2D eigenvalue weighted by atomic mass is 32.2. The van der Waals surface area contributed by atoms with E-state index in [2.05, 4.69) is 23.4 Å². The maximum Gasteiger partial charge on any atom is 0.0443 e. The molecule has 0 unspecified atom stereocenters. The number of benzene rings is 2. The van der Waals surface area contributed by atoms with Gasteiger partial charge in [0.15, 0.2) is 0 Å². The summed E-state index contributed by atoms with van der Waals surface area (Å²) >= 11 is 1.57. The fourth-order valence-corrected chi connectivity index (χ4v) is 1.96. The Morgan fingerprint density at radius 1 is 0.875 bits per heavy atom. The summed E-state index contributed by atoms with van der Waals surface area (Å²) < 4.78 is 3.24. The first kappa shape index (κ1) is 10.8. The van der Waals surface area contributed by atoms with Crippen molar-refractivity contribution >= 4 is 17.6 Å². The van der Waals surface area contributed by atoms with Crippen LogP contribution in [0.5, 0.6) is 0 Å². The van der Waals surface area contributed by atoms with Crippen LogP contribution in [0, 0.1) is 0 Å². The van der Waals surface area contributed by atoms with Crippen molar-refractivity contribution in [2.24, 2.45) is 0 Å². The maximum absolute atomic E-state index is 4.01. The van der Waals surface area contributed by atoms with Crippen molar-refractivity contribution < 1.29 is 0 Å². The van der Waals surface area contributed by atoms with Crippen molar-refractivity contribution in [3.8, 4) is 0 Å². The van der Waals surface area contributed by atoms with Crippen LogP contribution in [0.2, 0.25) is 0 Å². The van der Waals surface area contributed by atoms with Gasteiger partial charge in [0.2, 0.25) is 0 Å². The Morgan fingerprint density at radius 2 is 1.44 bits per heavy atom. The van der Waals surface area contributed by atoms with Crippen molar-refractivity contribution in [1.29, 1.82) is 0 Å². The van der Waals surface area contributed by atoms with Gasteiger partial charge in [-0.2, -0.15) is 0 Å². The van der Waals surface area contributed by atoms with Gasteiger partial charge in [-0.25, -0.2) is 0 Å². The Morgan fingerprint density at radius 3 is 2.06 bits per heavy atom. The Labute approximate surface area is 100 Å². The molecule has 1 nitrogen and oxygen atoms in total. The third-order valence-corrected chi connectivity index (χ3v) is 3.01. The lowest BCUT2D eigenvalue weighted by Gasteiger charge is -2.08. The highest BCUT2D eigenvalue weighted by molar-refractivity contribution is 7.97. The van der Waals surface area contributed by atoms with E-state index in [4.69, 9.17) is 0 Å². The van der Waals surface area contributed by atoms with Gasteiger partial charge in [0.25, 0.3) is 0 Å². The Balaban J connectivity index is 1.95. The van der Waals surface area contributed by atoms with E-state index in [1.165, 1.54) is 4.90 Å². The van der Waals surface area contributed by atoms with Crippen molar-refractivity contribution in [3.05, 3.63) is 72.8 Å². The van der Waals surface area contributed by atoms with Crippen LogP contribution in [0.15, 0.2) is 72.1 Å². The van der Waals surface area contributed by atoms with Gasteiger partial charge < -0.3 is 4.72 Å². The monoisotopic (exact) mass is 227 g/mol. The summed E-state index contributed by atoms with van der Waals surface area (Å²) in [5, 5.41) is 0. The lowest BCUT2D eigenvalue weighted by Crippen LogP contribution is -2.00. The second kappa shape index (κ2) is 5.42. The summed E-state index contributed by atoms with van der Waals surface area (Å²) in [4.78, 5) is 1.18. The molecule has 2 heteroatoms. The third kappa shape index (κ3) is 2.91. The van der Waals surface area contributed by atoms with E-state index in [1.54, 1.807) is 11.9 Å². The van der Waals surface area contributed by atoms with Gasteiger partial charge in [0.1, 0.15) is 0 Å². The Bertz CT molecular complexity index is 451. The zero-order valence-electron chi connectivity index (χ0n) is 8.89. The second-order valence-corrected chi connectivity index (χ2v) is 4.24. The molecule has 0 atom stereocenters. The first-order valence-corrected chi connectivity index (χ1v) is 5.90. The SMILES string of the molecule is C=C(NSc1ccccc1)c1ccccc1. The van der Waals surface area contributed by atoms with Crippen LogP contribution in [-0.4, -0.2) is 0 Å². The predicted molar refractivity (Wildman–Crippen MR) is 70.9 cm³/mol. The van der Waals surface area contributed by atoms with Crippen LogP contribution in [0.25, 0.3) is 5.70 Å². The maximum atomic E-state index is 4.01. The van der Waals surface area contributed by atoms with E-state index in [0.717, 1.165) is 11.3 Å². The molecule has 0 aliphatic carbocycles. The quantitative estimate of drug-likeness (QED) is 0.794. The molecule has 1 N–H and O–H groups in total. The molecule has 0 spiro atoms. The zero-order chi connectivity index (χ0) is 11.2. The van der Waals surface area contributed by atoms with Gasteiger partial charge in [0.05, 0.1) is 0 Å². The fourth-order valence-electron chi connectivity index (χ4n) is 1.31. The molecule has 0 fully saturated rings.